The van der Waals surface area contributed by atoms with Crippen molar-refractivity contribution >= 4 is 48.3 Å². The van der Waals surface area contributed by atoms with Gasteiger partial charge < -0.3 is 0 Å². The van der Waals surface area contributed by atoms with Crippen molar-refractivity contribution in [2.45, 2.75) is 0 Å². The third-order valence-corrected chi connectivity index (χ3v) is 11.7. The van der Waals surface area contributed by atoms with Crippen LogP contribution in [0.3, 0.4) is 0 Å². The van der Waals surface area contributed by atoms with E-state index >= 15 is 0 Å². The third-order valence-electron chi connectivity index (χ3n) is 8.23. The van der Waals surface area contributed by atoms with Crippen LogP contribution in [-0.2, 0) is 15.6 Å². The minimum atomic E-state index is -9.14. The maximum atomic E-state index is 14.0. The van der Waals surface area contributed by atoms with E-state index in [1.54, 1.807) is 0 Å². The van der Waals surface area contributed by atoms with E-state index in [1.807, 2.05) is 72.8 Å². The number of aromatic nitrogens is 8. The van der Waals surface area contributed by atoms with Crippen LogP contribution in [0.5, 0.6) is 0 Å². The molecule has 45 heavy (non-hydrogen) atoms. The normalized spacial score (nSPS) is 12.8. The molecule has 2 N–H and O–H groups in total. The third kappa shape index (κ3) is 4.07. The SMILES string of the molecule is [F][Zn]([F])([F])([F])[c]1ccc2c3nc4nc(nc5[nH]c(nc6nc(nc([nH]3)c2c1)-c1ccccc1-6)c1ccccc51)-c1ccccc1-4. The second-order valence-corrected chi connectivity index (χ2v) is 17.8. The molecule has 0 aliphatic carbocycles. The Morgan fingerprint density at radius 2 is 0.756 bits per heavy atom. The van der Waals surface area contributed by atoms with E-state index in [4.69, 9.17) is 29.9 Å². The first-order valence-corrected chi connectivity index (χ1v) is 20.3. The summed E-state index contributed by atoms with van der Waals surface area (Å²) in [6.07, 6.45) is 0. The van der Waals surface area contributed by atoms with E-state index in [-0.39, 0.29) is 22.5 Å². The zero-order valence-electron chi connectivity index (χ0n) is 23.1. The Hall–Kier alpha value is -5.42. The van der Waals surface area contributed by atoms with Crippen LogP contribution < -0.4 is 4.16 Å². The average Bonchev–Trinajstić information content (AvgIpc) is 3.76. The predicted octanol–water partition coefficient (Wildman–Crippen LogP) is 7.72. The molecule has 0 spiro atoms. The Balaban J connectivity index is 1.49. The van der Waals surface area contributed by atoms with Crippen molar-refractivity contribution in [1.82, 2.24) is 39.9 Å². The van der Waals surface area contributed by atoms with Crippen LogP contribution in [0.2, 0.25) is 0 Å². The molecular formula is C32H17F4N8Zn. The van der Waals surface area contributed by atoms with Gasteiger partial charge in [0.15, 0.2) is 0 Å². The molecule has 4 aromatic carbocycles. The van der Waals surface area contributed by atoms with Gasteiger partial charge in [0.2, 0.25) is 0 Å². The standard InChI is InChI=1S/C32H17N8.4FH.Zn/c1-2-10-18-17(9-1)25-33-26(18)38-28-21-13-5-6-14-22(21)30(35-28)40-32-24-16-8-7-15-23(24)31(36-32)39-29-20-12-4-3-11-19(20)27(34-29)37-25;;;;;/h1-7,9-16H,(H2,33,34,35,36,37,38,39,40);4*1H;/q;;;;;+4/p-4. The van der Waals surface area contributed by atoms with E-state index in [0.29, 0.717) is 50.8 Å². The van der Waals surface area contributed by atoms with Gasteiger partial charge in [0, 0.05) is 0 Å². The molecule has 7 aromatic rings. The van der Waals surface area contributed by atoms with Crippen molar-refractivity contribution in [3.63, 3.8) is 0 Å². The quantitative estimate of drug-likeness (QED) is 0.139. The van der Waals surface area contributed by atoms with E-state index in [2.05, 4.69) is 9.97 Å². The van der Waals surface area contributed by atoms with Crippen LogP contribution >= 0.6 is 0 Å². The maximum absolute atomic E-state index is 14.0. The summed E-state index contributed by atoms with van der Waals surface area (Å²) < 4.78 is 54.9. The Morgan fingerprint density at radius 1 is 0.400 bits per heavy atom. The van der Waals surface area contributed by atoms with E-state index in [9.17, 15) is 13.3 Å². The summed E-state index contributed by atoms with van der Waals surface area (Å²) >= 11 is -9.14. The number of fused-ring (bicyclic) bond motifs is 20. The first-order chi connectivity index (χ1) is 21.7. The summed E-state index contributed by atoms with van der Waals surface area (Å²) in [6, 6.07) is 25.3. The van der Waals surface area contributed by atoms with Gasteiger partial charge in [-0.15, -0.1) is 0 Å². The van der Waals surface area contributed by atoms with Gasteiger partial charge in [0.05, 0.1) is 0 Å². The number of hydrogen-bond acceptors (Lipinski definition) is 6. The number of H-pyrrole nitrogens is 2. The summed E-state index contributed by atoms with van der Waals surface area (Å²) in [7, 11) is 0. The molecule has 5 heterocycles. The van der Waals surface area contributed by atoms with Crippen molar-refractivity contribution in [2.24, 2.45) is 0 Å². The zero-order valence-corrected chi connectivity index (χ0v) is 26.0. The number of aromatic amines is 2. The van der Waals surface area contributed by atoms with Crippen LogP contribution in [0, 0.1) is 0 Å². The fourth-order valence-electron chi connectivity index (χ4n) is 6.02. The van der Waals surface area contributed by atoms with Crippen LogP contribution in [0.4, 0.5) is 13.3 Å². The molecule has 0 saturated heterocycles. The Labute approximate surface area is 253 Å². The summed E-state index contributed by atoms with van der Waals surface area (Å²) in [5, 5.41) is 2.04. The van der Waals surface area contributed by atoms with Crippen molar-refractivity contribution in [2.75, 3.05) is 0 Å². The van der Waals surface area contributed by atoms with Crippen LogP contribution in [-0.4, -0.2) is 39.9 Å². The first kappa shape index (κ1) is 26.0. The number of halogens is 4. The molecule has 0 radical (unpaired) electrons. The van der Waals surface area contributed by atoms with E-state index in [1.165, 1.54) is 6.07 Å². The number of hydrogen-bond donors (Lipinski definition) is 2. The molecule has 9 rings (SSSR count). The molecule has 2 aliphatic rings. The first-order valence-electron chi connectivity index (χ1n) is 14.3. The summed E-state index contributed by atoms with van der Waals surface area (Å²) in [5.74, 6) is 1.32. The van der Waals surface area contributed by atoms with Crippen LogP contribution in [0.15, 0.2) is 91.0 Å². The topological polar surface area (TPSA) is 109 Å². The Bertz CT molecular complexity index is 2570. The zero-order chi connectivity index (χ0) is 30.5. The fourth-order valence-corrected chi connectivity index (χ4v) is 8.09. The summed E-state index contributed by atoms with van der Waals surface area (Å²) in [5.41, 5.74) is 4.12. The predicted molar refractivity (Wildman–Crippen MR) is 160 cm³/mol. The van der Waals surface area contributed by atoms with Gasteiger partial charge >= 0.3 is 235 Å². The number of benzene rings is 4. The van der Waals surface area contributed by atoms with Gasteiger partial charge in [-0.25, -0.2) is 0 Å². The molecule has 3 aromatic heterocycles. The number of rotatable bonds is 1. The van der Waals surface area contributed by atoms with E-state index in [0.717, 1.165) is 28.5 Å². The van der Waals surface area contributed by atoms with E-state index < -0.39 is 19.7 Å². The number of nitrogens with one attached hydrogen (secondary N) is 2. The van der Waals surface area contributed by atoms with Crippen LogP contribution in [0.25, 0.3) is 89.7 Å². The molecule has 2 aliphatic heterocycles. The molecule has 0 unspecified atom stereocenters. The minimum absolute atomic E-state index is 0.0566. The Morgan fingerprint density at radius 3 is 1.16 bits per heavy atom. The van der Waals surface area contributed by atoms with Gasteiger partial charge in [0.25, 0.3) is 0 Å². The molecule has 8 nitrogen and oxygen atoms in total. The van der Waals surface area contributed by atoms with Gasteiger partial charge in [-0.2, -0.15) is 0 Å². The monoisotopic (exact) mass is 653 g/mol. The van der Waals surface area contributed by atoms with Gasteiger partial charge in [-0.1, -0.05) is 18.2 Å². The molecule has 0 atom stereocenters. The number of nitrogens with zero attached hydrogens (tertiary/aromatic N) is 6. The van der Waals surface area contributed by atoms with Gasteiger partial charge in [-0.05, 0) is 0 Å². The Kier molecular flexibility index (Phi) is 5.10. The van der Waals surface area contributed by atoms with Gasteiger partial charge in [-0.3, -0.25) is 0 Å². The van der Waals surface area contributed by atoms with Crippen molar-refractivity contribution in [3.05, 3.63) is 91.0 Å². The summed E-state index contributed by atoms with van der Waals surface area (Å²) in [6.45, 7) is 0. The second kappa shape index (κ2) is 8.83. The van der Waals surface area contributed by atoms with Gasteiger partial charge in [0.1, 0.15) is 0 Å². The molecule has 0 fully saturated rings. The van der Waals surface area contributed by atoms with Crippen molar-refractivity contribution in [1.29, 1.82) is 0 Å². The fraction of sp³-hybridized carbons (Fsp3) is 0. The van der Waals surface area contributed by atoms with Crippen molar-refractivity contribution in [3.8, 4) is 45.6 Å². The molecule has 13 heteroatoms. The molecule has 215 valence electrons. The second-order valence-electron chi connectivity index (χ2n) is 11.3. The summed E-state index contributed by atoms with van der Waals surface area (Å²) in [4.78, 5) is 35.1. The van der Waals surface area contributed by atoms with Crippen molar-refractivity contribution < 1.29 is 28.9 Å². The van der Waals surface area contributed by atoms with Crippen LogP contribution in [0.1, 0.15) is 0 Å². The molecule has 0 saturated carbocycles. The average molecular weight is 655 g/mol. The molecular weight excluding hydrogens is 638 g/mol. The molecule has 0 amide bonds. The molecule has 8 bridgehead atoms.